The van der Waals surface area contributed by atoms with Gasteiger partial charge in [0.2, 0.25) is 0 Å². The maximum absolute atomic E-state index is 6.09. The molecule has 2 aromatic rings. The van der Waals surface area contributed by atoms with Gasteiger partial charge in [-0.15, -0.1) is 0 Å². The molecule has 0 spiro atoms. The van der Waals surface area contributed by atoms with E-state index >= 15 is 0 Å². The number of hydrogen-bond acceptors (Lipinski definition) is 4. The van der Waals surface area contributed by atoms with E-state index in [0.29, 0.717) is 6.54 Å². The molecule has 3 rings (SSSR count). The molecule has 0 saturated heterocycles. The molecule has 0 saturated carbocycles. The monoisotopic (exact) mass is 329 g/mol. The predicted octanol–water partition coefficient (Wildman–Crippen LogP) is 3.92. The van der Waals surface area contributed by atoms with Crippen LogP contribution in [0.2, 0.25) is 5.02 Å². The largest absolute Gasteiger partial charge is 0.496 e. The SMILES string of the molecule is COc1ccccc1C1CC(CN)=NN1c1ccc(Cl)cc1C. The molecule has 1 aliphatic rings. The van der Waals surface area contributed by atoms with Crippen LogP contribution in [0.3, 0.4) is 0 Å². The second-order valence-corrected chi connectivity index (χ2v) is 6.04. The Labute approximate surface area is 141 Å². The Kier molecular flexibility index (Phi) is 4.55. The van der Waals surface area contributed by atoms with Gasteiger partial charge in [-0.25, -0.2) is 0 Å². The first kappa shape index (κ1) is 15.8. The summed E-state index contributed by atoms with van der Waals surface area (Å²) in [5.74, 6) is 0.864. The van der Waals surface area contributed by atoms with E-state index in [4.69, 9.17) is 27.2 Å². The van der Waals surface area contributed by atoms with Crippen LogP contribution in [-0.2, 0) is 0 Å². The third kappa shape index (κ3) is 3.05. The number of ether oxygens (including phenoxy) is 1. The fourth-order valence-electron chi connectivity index (χ4n) is 2.98. The number of nitrogens with two attached hydrogens (primary N) is 1. The van der Waals surface area contributed by atoms with E-state index in [0.717, 1.165) is 39.7 Å². The maximum atomic E-state index is 6.09. The Balaban J connectivity index is 2.06. The van der Waals surface area contributed by atoms with Crippen molar-refractivity contribution in [2.75, 3.05) is 18.7 Å². The van der Waals surface area contributed by atoms with Crippen LogP contribution in [0.1, 0.15) is 23.6 Å². The summed E-state index contributed by atoms with van der Waals surface area (Å²) < 4.78 is 5.53. The van der Waals surface area contributed by atoms with E-state index in [9.17, 15) is 0 Å². The lowest BCUT2D eigenvalue weighted by Crippen LogP contribution is -2.20. The smallest absolute Gasteiger partial charge is 0.124 e. The molecular formula is C18H20ClN3O. The number of halogens is 1. The van der Waals surface area contributed by atoms with Crippen molar-refractivity contribution in [3.8, 4) is 5.75 Å². The number of hydrogen-bond donors (Lipinski definition) is 1. The third-order valence-corrected chi connectivity index (χ3v) is 4.35. The highest BCUT2D eigenvalue weighted by Gasteiger charge is 2.31. The van der Waals surface area contributed by atoms with E-state index < -0.39 is 0 Å². The fraction of sp³-hybridized carbons (Fsp3) is 0.278. The zero-order valence-electron chi connectivity index (χ0n) is 13.3. The summed E-state index contributed by atoms with van der Waals surface area (Å²) >= 11 is 6.09. The van der Waals surface area contributed by atoms with Crippen LogP contribution < -0.4 is 15.5 Å². The van der Waals surface area contributed by atoms with Gasteiger partial charge in [0.25, 0.3) is 0 Å². The minimum absolute atomic E-state index is 0.0737. The van der Waals surface area contributed by atoms with Crippen LogP contribution >= 0.6 is 11.6 Å². The zero-order valence-corrected chi connectivity index (χ0v) is 14.0. The number of para-hydroxylation sites is 1. The van der Waals surface area contributed by atoms with Crippen molar-refractivity contribution in [1.29, 1.82) is 0 Å². The van der Waals surface area contributed by atoms with E-state index in [1.807, 2.05) is 48.3 Å². The lowest BCUT2D eigenvalue weighted by molar-refractivity contribution is 0.405. The molecule has 0 aliphatic carbocycles. The Bertz CT molecular complexity index is 745. The Hall–Kier alpha value is -2.04. The number of methoxy groups -OCH3 is 1. The van der Waals surface area contributed by atoms with Crippen LogP contribution in [-0.4, -0.2) is 19.4 Å². The van der Waals surface area contributed by atoms with Crippen molar-refractivity contribution >= 4 is 23.0 Å². The third-order valence-electron chi connectivity index (χ3n) is 4.11. The molecule has 23 heavy (non-hydrogen) atoms. The molecule has 0 fully saturated rings. The number of rotatable bonds is 4. The molecule has 0 bridgehead atoms. The molecular weight excluding hydrogens is 310 g/mol. The topological polar surface area (TPSA) is 50.9 Å². The summed E-state index contributed by atoms with van der Waals surface area (Å²) in [6.07, 6.45) is 0.791. The van der Waals surface area contributed by atoms with Gasteiger partial charge in [0.1, 0.15) is 5.75 Å². The summed E-state index contributed by atoms with van der Waals surface area (Å²) in [7, 11) is 1.69. The molecule has 1 atom stereocenters. The number of nitrogens with zero attached hydrogens (tertiary/aromatic N) is 2. The maximum Gasteiger partial charge on any atom is 0.124 e. The highest BCUT2D eigenvalue weighted by molar-refractivity contribution is 6.30. The summed E-state index contributed by atoms with van der Waals surface area (Å²) in [5, 5.41) is 7.48. The lowest BCUT2D eigenvalue weighted by Gasteiger charge is -2.26. The van der Waals surface area contributed by atoms with E-state index in [-0.39, 0.29) is 6.04 Å². The van der Waals surface area contributed by atoms with Crippen molar-refractivity contribution in [2.24, 2.45) is 10.8 Å². The highest BCUT2D eigenvalue weighted by atomic mass is 35.5. The van der Waals surface area contributed by atoms with Crippen LogP contribution in [0.5, 0.6) is 5.75 Å². The molecule has 1 unspecified atom stereocenters. The molecule has 0 amide bonds. The standard InChI is InChI=1S/C18H20ClN3O/c1-12-9-13(19)7-8-16(12)22-17(10-14(11-20)21-22)15-5-3-4-6-18(15)23-2/h3-9,17H,10-11,20H2,1-2H3. The summed E-state index contributed by atoms with van der Waals surface area (Å²) in [6, 6.07) is 14.0. The summed E-state index contributed by atoms with van der Waals surface area (Å²) in [4.78, 5) is 0. The van der Waals surface area contributed by atoms with Crippen molar-refractivity contribution in [3.63, 3.8) is 0 Å². The van der Waals surface area contributed by atoms with Gasteiger partial charge in [-0.1, -0.05) is 29.8 Å². The predicted molar refractivity (Wildman–Crippen MR) is 95.5 cm³/mol. The molecule has 120 valence electrons. The van der Waals surface area contributed by atoms with Crippen LogP contribution in [0.4, 0.5) is 5.69 Å². The van der Waals surface area contributed by atoms with E-state index in [2.05, 4.69) is 6.07 Å². The quantitative estimate of drug-likeness (QED) is 0.924. The lowest BCUT2D eigenvalue weighted by atomic mass is 10.00. The van der Waals surface area contributed by atoms with Crippen LogP contribution in [0.25, 0.3) is 0 Å². The van der Waals surface area contributed by atoms with Gasteiger partial charge in [-0.05, 0) is 36.8 Å². The Morgan fingerprint density at radius 1 is 1.30 bits per heavy atom. The first-order valence-electron chi connectivity index (χ1n) is 7.58. The number of anilines is 1. The van der Waals surface area contributed by atoms with Gasteiger partial charge in [-0.2, -0.15) is 5.10 Å². The van der Waals surface area contributed by atoms with Crippen LogP contribution in [0, 0.1) is 6.92 Å². The first-order chi connectivity index (χ1) is 11.1. The van der Waals surface area contributed by atoms with Gasteiger partial charge >= 0.3 is 0 Å². The highest BCUT2D eigenvalue weighted by Crippen LogP contribution is 2.40. The van der Waals surface area contributed by atoms with Gasteiger partial charge in [0.05, 0.1) is 24.6 Å². The second-order valence-electron chi connectivity index (χ2n) is 5.61. The van der Waals surface area contributed by atoms with E-state index in [1.165, 1.54) is 0 Å². The molecule has 4 nitrogen and oxygen atoms in total. The van der Waals surface area contributed by atoms with Crippen molar-refractivity contribution < 1.29 is 4.74 Å². The number of benzene rings is 2. The van der Waals surface area contributed by atoms with Gasteiger partial charge in [0, 0.05) is 23.6 Å². The van der Waals surface area contributed by atoms with Crippen molar-refractivity contribution in [2.45, 2.75) is 19.4 Å². The van der Waals surface area contributed by atoms with E-state index in [1.54, 1.807) is 7.11 Å². The second kappa shape index (κ2) is 6.60. The molecule has 5 heteroatoms. The summed E-state index contributed by atoms with van der Waals surface area (Å²) in [6.45, 7) is 2.49. The average Bonchev–Trinajstić information content (AvgIpc) is 2.98. The summed E-state index contributed by atoms with van der Waals surface area (Å²) in [5.41, 5.74) is 10.0. The Morgan fingerprint density at radius 3 is 2.78 bits per heavy atom. The van der Waals surface area contributed by atoms with Crippen molar-refractivity contribution in [3.05, 3.63) is 58.6 Å². The minimum Gasteiger partial charge on any atom is -0.496 e. The molecule has 0 aromatic heterocycles. The molecule has 2 N–H and O–H groups in total. The van der Waals surface area contributed by atoms with Gasteiger partial charge < -0.3 is 10.5 Å². The van der Waals surface area contributed by atoms with Gasteiger partial charge in [-0.3, -0.25) is 5.01 Å². The molecule has 1 aliphatic heterocycles. The van der Waals surface area contributed by atoms with Crippen LogP contribution in [0.15, 0.2) is 47.6 Å². The minimum atomic E-state index is 0.0737. The average molecular weight is 330 g/mol. The zero-order chi connectivity index (χ0) is 16.4. The normalized spacial score (nSPS) is 17.3. The molecule has 1 heterocycles. The Morgan fingerprint density at radius 2 is 2.09 bits per heavy atom. The number of hydrazone groups is 1. The first-order valence-corrected chi connectivity index (χ1v) is 7.96. The molecule has 0 radical (unpaired) electrons. The van der Waals surface area contributed by atoms with Crippen molar-refractivity contribution in [1.82, 2.24) is 0 Å². The fourth-order valence-corrected chi connectivity index (χ4v) is 3.20. The number of aryl methyl sites for hydroxylation is 1. The molecule has 2 aromatic carbocycles. The van der Waals surface area contributed by atoms with Gasteiger partial charge in [0.15, 0.2) is 0 Å².